The zero-order valence-corrected chi connectivity index (χ0v) is 13.6. The topological polar surface area (TPSA) is 68.1 Å². The Morgan fingerprint density at radius 2 is 2.00 bits per heavy atom. The highest BCUT2D eigenvalue weighted by Crippen LogP contribution is 2.32. The van der Waals surface area contributed by atoms with E-state index in [9.17, 15) is 10.1 Å². The molecule has 0 atom stereocenters. The van der Waals surface area contributed by atoms with Crippen LogP contribution in [0.15, 0.2) is 59.2 Å². The Morgan fingerprint density at radius 3 is 2.77 bits per heavy atom. The number of anilines is 2. The number of nitrogens with zero attached hydrogens (tertiary/aromatic N) is 2. The van der Waals surface area contributed by atoms with Gasteiger partial charge in [-0.2, -0.15) is 0 Å². The summed E-state index contributed by atoms with van der Waals surface area (Å²) in [5.41, 5.74) is 1.79. The SMILES string of the molecule is O=[N+]([O-])c1cccc(-c2cnc(Nc3cccc(Br)c3)s2)c1. The van der Waals surface area contributed by atoms with Gasteiger partial charge in [0.2, 0.25) is 0 Å². The number of benzene rings is 2. The van der Waals surface area contributed by atoms with Crippen LogP contribution in [0.4, 0.5) is 16.5 Å². The van der Waals surface area contributed by atoms with Crippen molar-refractivity contribution >= 4 is 43.8 Å². The second-order valence-corrected chi connectivity index (χ2v) is 6.42. The largest absolute Gasteiger partial charge is 0.332 e. The van der Waals surface area contributed by atoms with E-state index in [1.807, 2.05) is 30.3 Å². The predicted molar refractivity (Wildman–Crippen MR) is 91.6 cm³/mol. The number of nitro benzene ring substituents is 1. The summed E-state index contributed by atoms with van der Waals surface area (Å²) in [6, 6.07) is 14.3. The number of non-ortho nitro benzene ring substituents is 1. The summed E-state index contributed by atoms with van der Waals surface area (Å²) in [6.45, 7) is 0. The van der Waals surface area contributed by atoms with Gasteiger partial charge in [0.15, 0.2) is 5.13 Å². The quantitative estimate of drug-likeness (QED) is 0.500. The van der Waals surface area contributed by atoms with Gasteiger partial charge in [0.05, 0.1) is 9.80 Å². The summed E-state index contributed by atoms with van der Waals surface area (Å²) in [5.74, 6) is 0. The van der Waals surface area contributed by atoms with Crippen LogP contribution in [0.3, 0.4) is 0 Å². The molecule has 5 nitrogen and oxygen atoms in total. The molecule has 0 saturated heterocycles. The second kappa shape index (κ2) is 6.25. The summed E-state index contributed by atoms with van der Waals surface area (Å²) in [6.07, 6.45) is 1.71. The first-order chi connectivity index (χ1) is 10.6. The third-order valence-electron chi connectivity index (χ3n) is 2.92. The van der Waals surface area contributed by atoms with Crippen molar-refractivity contribution in [3.8, 4) is 10.4 Å². The monoisotopic (exact) mass is 375 g/mol. The second-order valence-electron chi connectivity index (χ2n) is 4.47. The summed E-state index contributed by atoms with van der Waals surface area (Å²) in [7, 11) is 0. The first-order valence-corrected chi connectivity index (χ1v) is 7.96. The Bertz CT molecular complexity index is 835. The van der Waals surface area contributed by atoms with E-state index in [1.165, 1.54) is 17.4 Å². The van der Waals surface area contributed by atoms with Crippen LogP contribution in [0, 0.1) is 10.1 Å². The van der Waals surface area contributed by atoms with Crippen LogP contribution in [0.25, 0.3) is 10.4 Å². The molecular formula is C15H10BrN3O2S. The van der Waals surface area contributed by atoms with Crippen molar-refractivity contribution in [2.45, 2.75) is 0 Å². The molecule has 110 valence electrons. The van der Waals surface area contributed by atoms with Gasteiger partial charge in [0, 0.05) is 34.1 Å². The van der Waals surface area contributed by atoms with Crippen LogP contribution in [0.5, 0.6) is 0 Å². The Balaban J connectivity index is 1.84. The minimum Gasteiger partial charge on any atom is -0.332 e. The van der Waals surface area contributed by atoms with Gasteiger partial charge in [-0.1, -0.05) is 45.5 Å². The van der Waals surface area contributed by atoms with E-state index in [4.69, 9.17) is 0 Å². The van der Waals surface area contributed by atoms with Gasteiger partial charge in [-0.25, -0.2) is 4.98 Å². The molecule has 0 saturated carbocycles. The minimum atomic E-state index is -0.398. The molecule has 0 aliphatic rings. The summed E-state index contributed by atoms with van der Waals surface area (Å²) in [5, 5.41) is 14.8. The Labute approximate surface area is 138 Å². The molecule has 0 amide bonds. The lowest BCUT2D eigenvalue weighted by Crippen LogP contribution is -1.87. The van der Waals surface area contributed by atoms with E-state index >= 15 is 0 Å². The van der Waals surface area contributed by atoms with E-state index in [0.29, 0.717) is 0 Å². The molecule has 0 fully saturated rings. The Morgan fingerprint density at radius 1 is 1.18 bits per heavy atom. The molecule has 1 N–H and O–H groups in total. The lowest BCUT2D eigenvalue weighted by Gasteiger charge is -2.02. The van der Waals surface area contributed by atoms with Crippen molar-refractivity contribution in [3.05, 3.63) is 69.3 Å². The van der Waals surface area contributed by atoms with Crippen LogP contribution in [0.2, 0.25) is 0 Å². The minimum absolute atomic E-state index is 0.0763. The van der Waals surface area contributed by atoms with E-state index in [-0.39, 0.29) is 5.69 Å². The number of hydrogen-bond donors (Lipinski definition) is 1. The smallest absolute Gasteiger partial charge is 0.270 e. The van der Waals surface area contributed by atoms with Crippen LogP contribution in [-0.4, -0.2) is 9.91 Å². The van der Waals surface area contributed by atoms with Crippen molar-refractivity contribution in [2.24, 2.45) is 0 Å². The van der Waals surface area contributed by atoms with Crippen LogP contribution >= 0.6 is 27.3 Å². The van der Waals surface area contributed by atoms with E-state index in [0.717, 1.165) is 25.7 Å². The lowest BCUT2D eigenvalue weighted by molar-refractivity contribution is -0.384. The number of aromatic nitrogens is 1. The molecule has 2 aromatic carbocycles. The third kappa shape index (κ3) is 3.32. The van der Waals surface area contributed by atoms with Gasteiger partial charge in [0.1, 0.15) is 0 Å². The van der Waals surface area contributed by atoms with Crippen molar-refractivity contribution in [1.82, 2.24) is 4.98 Å². The maximum Gasteiger partial charge on any atom is 0.270 e. The van der Waals surface area contributed by atoms with Crippen LogP contribution < -0.4 is 5.32 Å². The molecule has 22 heavy (non-hydrogen) atoms. The lowest BCUT2D eigenvalue weighted by atomic mass is 10.2. The van der Waals surface area contributed by atoms with Crippen LogP contribution in [0.1, 0.15) is 0 Å². The predicted octanol–water partition coefficient (Wildman–Crippen LogP) is 5.22. The molecule has 0 spiro atoms. The molecule has 3 rings (SSSR count). The zero-order valence-electron chi connectivity index (χ0n) is 11.2. The molecule has 0 unspecified atom stereocenters. The van der Waals surface area contributed by atoms with E-state index in [2.05, 4.69) is 26.2 Å². The third-order valence-corrected chi connectivity index (χ3v) is 4.38. The summed E-state index contributed by atoms with van der Waals surface area (Å²) in [4.78, 5) is 15.6. The standard InChI is InChI=1S/C15H10BrN3O2S/c16-11-4-2-5-12(8-11)18-15-17-9-14(22-15)10-3-1-6-13(7-10)19(20)21/h1-9H,(H,17,18). The van der Waals surface area contributed by atoms with Crippen molar-refractivity contribution < 1.29 is 4.92 Å². The molecule has 3 aromatic rings. The summed E-state index contributed by atoms with van der Waals surface area (Å²) < 4.78 is 0.980. The molecule has 0 bridgehead atoms. The Hall–Kier alpha value is -2.25. The van der Waals surface area contributed by atoms with Crippen LogP contribution in [-0.2, 0) is 0 Å². The van der Waals surface area contributed by atoms with E-state index in [1.54, 1.807) is 18.3 Å². The first kappa shape index (κ1) is 14.7. The average Bonchev–Trinajstić information content (AvgIpc) is 2.96. The number of nitro groups is 1. The van der Waals surface area contributed by atoms with Gasteiger partial charge < -0.3 is 5.32 Å². The molecule has 0 aliphatic heterocycles. The highest BCUT2D eigenvalue weighted by molar-refractivity contribution is 9.10. The molecular weight excluding hydrogens is 366 g/mol. The molecule has 1 heterocycles. The van der Waals surface area contributed by atoms with Gasteiger partial charge in [-0.3, -0.25) is 10.1 Å². The highest BCUT2D eigenvalue weighted by atomic mass is 79.9. The molecule has 0 aliphatic carbocycles. The van der Waals surface area contributed by atoms with Crippen molar-refractivity contribution in [1.29, 1.82) is 0 Å². The fourth-order valence-electron chi connectivity index (χ4n) is 1.93. The van der Waals surface area contributed by atoms with E-state index < -0.39 is 4.92 Å². The van der Waals surface area contributed by atoms with Gasteiger partial charge in [-0.05, 0) is 18.2 Å². The molecule has 7 heteroatoms. The number of thiazole rings is 1. The van der Waals surface area contributed by atoms with Crippen molar-refractivity contribution in [2.75, 3.05) is 5.32 Å². The fraction of sp³-hybridized carbons (Fsp3) is 0. The first-order valence-electron chi connectivity index (χ1n) is 6.35. The maximum atomic E-state index is 10.8. The number of halogens is 1. The van der Waals surface area contributed by atoms with Gasteiger partial charge in [-0.15, -0.1) is 0 Å². The number of hydrogen-bond acceptors (Lipinski definition) is 5. The van der Waals surface area contributed by atoms with Crippen molar-refractivity contribution in [3.63, 3.8) is 0 Å². The highest BCUT2D eigenvalue weighted by Gasteiger charge is 2.10. The normalized spacial score (nSPS) is 10.4. The summed E-state index contributed by atoms with van der Waals surface area (Å²) >= 11 is 4.87. The average molecular weight is 376 g/mol. The zero-order chi connectivity index (χ0) is 15.5. The fourth-order valence-corrected chi connectivity index (χ4v) is 3.16. The number of rotatable bonds is 4. The number of nitrogens with one attached hydrogen (secondary N) is 1. The van der Waals surface area contributed by atoms with Gasteiger partial charge in [0.25, 0.3) is 5.69 Å². The maximum absolute atomic E-state index is 10.8. The molecule has 0 radical (unpaired) electrons. The Kier molecular flexibility index (Phi) is 4.17. The van der Waals surface area contributed by atoms with Gasteiger partial charge >= 0.3 is 0 Å². The molecule has 1 aromatic heterocycles.